The van der Waals surface area contributed by atoms with Gasteiger partial charge in [0.25, 0.3) is 5.69 Å². The monoisotopic (exact) mass is 277 g/mol. The van der Waals surface area contributed by atoms with Gasteiger partial charge >= 0.3 is 0 Å². The zero-order chi connectivity index (χ0) is 13.1. The molecule has 1 aromatic rings. The second-order valence-corrected chi connectivity index (χ2v) is 6.08. The Morgan fingerprint density at radius 1 is 1.53 bits per heavy atom. The van der Waals surface area contributed by atoms with Crippen LogP contribution in [-0.2, 0) is 10.0 Å². The van der Waals surface area contributed by atoms with Gasteiger partial charge in [-0.15, -0.1) is 11.8 Å². The molecule has 0 aromatic carbocycles. The molecule has 0 atom stereocenters. The van der Waals surface area contributed by atoms with E-state index >= 15 is 0 Å². The normalized spacial score (nSPS) is 11.4. The largest absolute Gasteiger partial charge is 0.290 e. The van der Waals surface area contributed by atoms with Crippen LogP contribution in [0.5, 0.6) is 0 Å². The number of pyridine rings is 1. The Morgan fingerprint density at radius 3 is 2.65 bits per heavy atom. The van der Waals surface area contributed by atoms with Gasteiger partial charge in [-0.2, -0.15) is 0 Å². The van der Waals surface area contributed by atoms with Crippen molar-refractivity contribution in [1.82, 2.24) is 4.98 Å². The summed E-state index contributed by atoms with van der Waals surface area (Å²) in [6, 6.07) is 2.83. The van der Waals surface area contributed by atoms with E-state index in [2.05, 4.69) is 4.98 Å². The molecule has 0 aliphatic rings. The average molecular weight is 277 g/mol. The van der Waals surface area contributed by atoms with Crippen LogP contribution in [0.1, 0.15) is 5.69 Å². The van der Waals surface area contributed by atoms with Gasteiger partial charge in [-0.05, 0) is 13.0 Å². The number of primary sulfonamides is 1. The van der Waals surface area contributed by atoms with Crippen molar-refractivity contribution in [3.8, 4) is 0 Å². The van der Waals surface area contributed by atoms with Crippen molar-refractivity contribution in [3.05, 3.63) is 27.9 Å². The lowest BCUT2D eigenvalue weighted by atomic mass is 10.3. The molecule has 1 heterocycles. The van der Waals surface area contributed by atoms with Crippen LogP contribution in [-0.4, -0.2) is 29.8 Å². The molecule has 9 heteroatoms. The lowest BCUT2D eigenvalue weighted by Gasteiger charge is -2.01. The molecule has 0 spiro atoms. The summed E-state index contributed by atoms with van der Waals surface area (Å²) in [7, 11) is -3.48. The van der Waals surface area contributed by atoms with Crippen LogP contribution < -0.4 is 5.14 Å². The zero-order valence-electron chi connectivity index (χ0n) is 8.99. The Bertz CT molecular complexity index is 530. The van der Waals surface area contributed by atoms with Gasteiger partial charge in [0.15, 0.2) is 0 Å². The predicted octanol–water partition coefficient (Wildman–Crippen LogP) is 0.679. The van der Waals surface area contributed by atoms with Crippen molar-refractivity contribution >= 4 is 27.5 Å². The molecular formula is C8H11N3O4S2. The van der Waals surface area contributed by atoms with Gasteiger partial charge < -0.3 is 0 Å². The zero-order valence-corrected chi connectivity index (χ0v) is 10.6. The first-order valence-corrected chi connectivity index (χ1v) is 7.25. The second kappa shape index (κ2) is 5.43. The second-order valence-electron chi connectivity index (χ2n) is 3.23. The molecule has 94 valence electrons. The minimum atomic E-state index is -3.48. The fourth-order valence-electron chi connectivity index (χ4n) is 1.07. The van der Waals surface area contributed by atoms with E-state index in [4.69, 9.17) is 5.14 Å². The summed E-state index contributed by atoms with van der Waals surface area (Å²) in [5.41, 5.74) is 0.247. The van der Waals surface area contributed by atoms with E-state index in [0.717, 1.165) is 0 Å². The van der Waals surface area contributed by atoms with Crippen LogP contribution in [0.25, 0.3) is 0 Å². The summed E-state index contributed by atoms with van der Waals surface area (Å²) in [5.74, 6) is 0.110. The maximum atomic E-state index is 10.7. The van der Waals surface area contributed by atoms with Gasteiger partial charge in [-0.3, -0.25) is 10.1 Å². The van der Waals surface area contributed by atoms with Crippen molar-refractivity contribution < 1.29 is 13.3 Å². The molecule has 0 aliphatic carbocycles. The standard InChI is InChI=1S/C8H11N3O4S2/c1-6-7(11(12)13)2-3-8(10-6)16-4-5-17(9,14)15/h2-3H,4-5H2,1H3,(H2,9,14,15). The lowest BCUT2D eigenvalue weighted by molar-refractivity contribution is -0.385. The van der Waals surface area contributed by atoms with Gasteiger partial charge in [-0.25, -0.2) is 18.5 Å². The lowest BCUT2D eigenvalue weighted by Crippen LogP contribution is -2.17. The number of nitro groups is 1. The molecule has 17 heavy (non-hydrogen) atoms. The Kier molecular flexibility index (Phi) is 4.43. The number of thioether (sulfide) groups is 1. The molecule has 0 amide bonds. The van der Waals surface area contributed by atoms with Gasteiger partial charge in [0.1, 0.15) is 5.69 Å². The smallest absolute Gasteiger partial charge is 0.258 e. The Balaban J connectivity index is 2.68. The van der Waals surface area contributed by atoms with Crippen LogP contribution >= 0.6 is 11.8 Å². The quantitative estimate of drug-likeness (QED) is 0.480. The number of rotatable bonds is 5. The maximum absolute atomic E-state index is 10.7. The molecule has 0 unspecified atom stereocenters. The summed E-state index contributed by atoms with van der Waals surface area (Å²) < 4.78 is 21.4. The van der Waals surface area contributed by atoms with E-state index in [1.54, 1.807) is 0 Å². The highest BCUT2D eigenvalue weighted by Gasteiger charge is 2.12. The van der Waals surface area contributed by atoms with Gasteiger partial charge in [0.2, 0.25) is 10.0 Å². The predicted molar refractivity (Wildman–Crippen MR) is 64.3 cm³/mol. The molecular weight excluding hydrogens is 266 g/mol. The van der Waals surface area contributed by atoms with Crippen LogP contribution in [0.4, 0.5) is 5.69 Å². The topological polar surface area (TPSA) is 116 Å². The van der Waals surface area contributed by atoms with Gasteiger partial charge in [-0.1, -0.05) is 0 Å². The highest BCUT2D eigenvalue weighted by Crippen LogP contribution is 2.21. The van der Waals surface area contributed by atoms with Crippen molar-refractivity contribution in [3.63, 3.8) is 0 Å². The Labute approximate surface area is 103 Å². The molecule has 0 radical (unpaired) electrons. The van der Waals surface area contributed by atoms with Crippen LogP contribution in [0.15, 0.2) is 17.2 Å². The first kappa shape index (κ1) is 13.9. The average Bonchev–Trinajstić information content (AvgIpc) is 2.15. The fourth-order valence-corrected chi connectivity index (χ4v) is 2.90. The maximum Gasteiger partial charge on any atom is 0.290 e. The van der Waals surface area contributed by atoms with Crippen LogP contribution in [0.3, 0.4) is 0 Å². The number of aryl methyl sites for hydroxylation is 1. The Morgan fingerprint density at radius 2 is 2.18 bits per heavy atom. The molecule has 7 nitrogen and oxygen atoms in total. The first-order chi connectivity index (χ1) is 7.79. The number of aromatic nitrogens is 1. The summed E-state index contributed by atoms with van der Waals surface area (Å²) in [6.45, 7) is 1.53. The minimum Gasteiger partial charge on any atom is -0.258 e. The van der Waals surface area contributed by atoms with E-state index in [1.807, 2.05) is 0 Å². The molecule has 1 aromatic heterocycles. The summed E-state index contributed by atoms with van der Waals surface area (Å²) in [5, 5.41) is 15.9. The minimum absolute atomic E-state index is 0.0548. The number of sulfonamides is 1. The van der Waals surface area contributed by atoms with Crippen molar-refractivity contribution in [2.24, 2.45) is 5.14 Å². The van der Waals surface area contributed by atoms with E-state index < -0.39 is 14.9 Å². The molecule has 1 rings (SSSR count). The van der Waals surface area contributed by atoms with E-state index in [-0.39, 0.29) is 17.2 Å². The SMILES string of the molecule is Cc1nc(SCCS(N)(=O)=O)ccc1[N+](=O)[O-]. The van der Waals surface area contributed by atoms with Gasteiger partial charge in [0.05, 0.1) is 15.7 Å². The molecule has 2 N–H and O–H groups in total. The van der Waals surface area contributed by atoms with Crippen LogP contribution in [0.2, 0.25) is 0 Å². The third-order valence-electron chi connectivity index (χ3n) is 1.85. The highest BCUT2D eigenvalue weighted by molar-refractivity contribution is 8.00. The fraction of sp³-hybridized carbons (Fsp3) is 0.375. The number of hydrogen-bond acceptors (Lipinski definition) is 6. The van der Waals surface area contributed by atoms with E-state index in [0.29, 0.717) is 10.7 Å². The summed E-state index contributed by atoms with van der Waals surface area (Å²) >= 11 is 1.19. The summed E-state index contributed by atoms with van der Waals surface area (Å²) in [4.78, 5) is 14.0. The van der Waals surface area contributed by atoms with Crippen LogP contribution in [0, 0.1) is 17.0 Å². The van der Waals surface area contributed by atoms with E-state index in [1.165, 1.54) is 30.8 Å². The highest BCUT2D eigenvalue weighted by atomic mass is 32.2. The van der Waals surface area contributed by atoms with Gasteiger partial charge in [0, 0.05) is 11.8 Å². The third kappa shape index (κ3) is 4.67. The molecule has 0 fully saturated rings. The first-order valence-electron chi connectivity index (χ1n) is 4.55. The molecule has 0 bridgehead atoms. The van der Waals surface area contributed by atoms with E-state index in [9.17, 15) is 18.5 Å². The number of nitrogens with two attached hydrogens (primary N) is 1. The number of nitrogens with zero attached hydrogens (tertiary/aromatic N) is 2. The molecule has 0 saturated carbocycles. The van der Waals surface area contributed by atoms with Crippen molar-refractivity contribution in [1.29, 1.82) is 0 Å². The van der Waals surface area contributed by atoms with Crippen molar-refractivity contribution in [2.45, 2.75) is 11.9 Å². The Hall–Kier alpha value is -1.19. The third-order valence-corrected chi connectivity index (χ3v) is 3.81. The summed E-state index contributed by atoms with van der Waals surface area (Å²) in [6.07, 6.45) is 0. The number of hydrogen-bond donors (Lipinski definition) is 1. The molecule has 0 saturated heterocycles. The molecule has 0 aliphatic heterocycles. The van der Waals surface area contributed by atoms with Crippen molar-refractivity contribution in [2.75, 3.05) is 11.5 Å².